The van der Waals surface area contributed by atoms with Crippen molar-refractivity contribution in [2.45, 2.75) is 33.8 Å². The molecule has 11 nitrogen and oxygen atoms in total. The summed E-state index contributed by atoms with van der Waals surface area (Å²) >= 11 is 0. The van der Waals surface area contributed by atoms with Crippen molar-refractivity contribution in [3.8, 4) is 0 Å². The zero-order valence-electron chi connectivity index (χ0n) is 19.0. The van der Waals surface area contributed by atoms with E-state index in [-0.39, 0.29) is 12.5 Å². The summed E-state index contributed by atoms with van der Waals surface area (Å²) in [7, 11) is 2.90. The average Bonchev–Trinajstić information content (AvgIpc) is 2.81. The van der Waals surface area contributed by atoms with E-state index in [9.17, 15) is 0 Å². The van der Waals surface area contributed by atoms with Gasteiger partial charge in [-0.15, -0.1) is 0 Å². The van der Waals surface area contributed by atoms with E-state index in [0.29, 0.717) is 48.2 Å². The van der Waals surface area contributed by atoms with E-state index < -0.39 is 0 Å². The summed E-state index contributed by atoms with van der Waals surface area (Å²) in [6.07, 6.45) is 0.826. The molecule has 1 heterocycles. The zero-order chi connectivity index (χ0) is 23.2. The van der Waals surface area contributed by atoms with Gasteiger partial charge in [-0.1, -0.05) is 51.8 Å². The van der Waals surface area contributed by atoms with E-state index in [1.54, 1.807) is 13.8 Å². The van der Waals surface area contributed by atoms with E-state index in [1.165, 1.54) is 14.2 Å². The maximum absolute atomic E-state index is 5.60. The molecule has 0 spiro atoms. The third-order valence-electron chi connectivity index (χ3n) is 4.00. The number of benzene rings is 1. The summed E-state index contributed by atoms with van der Waals surface area (Å²) in [5.74, 6) is 0.235. The van der Waals surface area contributed by atoms with E-state index in [1.807, 2.05) is 31.2 Å². The van der Waals surface area contributed by atoms with Gasteiger partial charge in [0.25, 0.3) is 5.90 Å². The van der Waals surface area contributed by atoms with Gasteiger partial charge in [0.2, 0.25) is 0 Å². The summed E-state index contributed by atoms with van der Waals surface area (Å²) < 4.78 is 5.56. The lowest BCUT2D eigenvalue weighted by Crippen LogP contribution is -2.26. The van der Waals surface area contributed by atoms with Crippen LogP contribution in [0.4, 0.5) is 0 Å². The van der Waals surface area contributed by atoms with Crippen molar-refractivity contribution in [2.24, 2.45) is 25.8 Å². The Kier molecular flexibility index (Phi) is 10.5. The molecule has 11 heteroatoms. The van der Waals surface area contributed by atoms with Crippen LogP contribution in [0.5, 0.6) is 0 Å². The summed E-state index contributed by atoms with van der Waals surface area (Å²) in [5, 5.41) is 20.2. The van der Waals surface area contributed by atoms with Crippen LogP contribution in [-0.2, 0) is 35.5 Å². The topological polar surface area (TPSA) is 117 Å². The lowest BCUT2D eigenvalue weighted by molar-refractivity contribution is 0.0672. The quantitative estimate of drug-likeness (QED) is 0.276. The van der Waals surface area contributed by atoms with Crippen LogP contribution >= 0.6 is 0 Å². The highest BCUT2D eigenvalue weighted by molar-refractivity contribution is 6.67. The number of rotatable bonds is 12. The van der Waals surface area contributed by atoms with Gasteiger partial charge < -0.3 is 28.9 Å². The molecule has 174 valence electrons. The SMILES string of the molecule is CCCO/N=C(C(\C)=N\OC)/C(C)=N/OCc1ccccc1/C(=N\OC)C1=NOCCO1. The van der Waals surface area contributed by atoms with Crippen molar-refractivity contribution in [1.82, 2.24) is 0 Å². The van der Waals surface area contributed by atoms with Gasteiger partial charge in [-0.05, 0) is 25.4 Å². The monoisotopic (exact) mass is 447 g/mol. The Hall–Kier alpha value is -3.63. The summed E-state index contributed by atoms with van der Waals surface area (Å²) in [6, 6.07) is 7.48. The Bertz CT molecular complexity index is 894. The van der Waals surface area contributed by atoms with Crippen LogP contribution in [0.1, 0.15) is 38.3 Å². The first-order valence-electron chi connectivity index (χ1n) is 10.1. The second-order valence-electron chi connectivity index (χ2n) is 6.44. The Labute approximate surface area is 187 Å². The minimum absolute atomic E-state index is 0.147. The molecular weight excluding hydrogens is 418 g/mol. The molecule has 0 radical (unpaired) electrons. The summed E-state index contributed by atoms with van der Waals surface area (Å²) in [5.41, 5.74) is 3.32. The smallest absolute Gasteiger partial charge is 0.280 e. The second kappa shape index (κ2) is 13.6. The van der Waals surface area contributed by atoms with E-state index in [2.05, 4.69) is 25.8 Å². The zero-order valence-corrected chi connectivity index (χ0v) is 19.0. The average molecular weight is 447 g/mol. The van der Waals surface area contributed by atoms with Gasteiger partial charge in [-0.2, -0.15) is 0 Å². The van der Waals surface area contributed by atoms with Crippen molar-refractivity contribution in [3.63, 3.8) is 0 Å². The van der Waals surface area contributed by atoms with Crippen molar-refractivity contribution < 1.29 is 28.9 Å². The largest absolute Gasteiger partial charge is 0.470 e. The van der Waals surface area contributed by atoms with Gasteiger partial charge in [0.1, 0.15) is 45.5 Å². The van der Waals surface area contributed by atoms with E-state index in [0.717, 1.165) is 12.0 Å². The molecule has 0 saturated heterocycles. The Morgan fingerprint density at radius 1 is 0.969 bits per heavy atom. The number of ether oxygens (including phenoxy) is 1. The predicted octanol–water partition coefficient (Wildman–Crippen LogP) is 3.09. The van der Waals surface area contributed by atoms with Gasteiger partial charge in [0, 0.05) is 11.1 Å². The number of nitrogens with zero attached hydrogens (tertiary/aromatic N) is 5. The fourth-order valence-corrected chi connectivity index (χ4v) is 2.61. The van der Waals surface area contributed by atoms with Crippen LogP contribution in [0.15, 0.2) is 50.0 Å². The second-order valence-corrected chi connectivity index (χ2v) is 6.44. The number of hydrogen-bond donors (Lipinski definition) is 0. The Morgan fingerprint density at radius 3 is 2.41 bits per heavy atom. The standard InChI is InChI=1S/C21H29N5O6/c1-6-11-30-25-19(15(2)22-27-4)16(3)23-32-14-17-9-7-8-10-18(17)20(24-28-5)21-26-31-13-12-29-21/h7-10H,6,11-14H2,1-5H3/b22-15+,23-16+,24-20+,25-19+. The normalized spacial score (nSPS) is 15.3. The highest BCUT2D eigenvalue weighted by atomic mass is 16.7. The molecule has 1 aliphatic heterocycles. The Balaban J connectivity index is 2.22. The minimum atomic E-state index is 0.147. The molecule has 0 aliphatic carbocycles. The summed E-state index contributed by atoms with van der Waals surface area (Å²) in [4.78, 5) is 25.8. The first-order valence-corrected chi connectivity index (χ1v) is 10.1. The predicted molar refractivity (Wildman–Crippen MR) is 121 cm³/mol. The van der Waals surface area contributed by atoms with Crippen LogP contribution in [0.2, 0.25) is 0 Å². The molecule has 0 bridgehead atoms. The van der Waals surface area contributed by atoms with Gasteiger partial charge in [-0.25, -0.2) is 0 Å². The molecule has 0 saturated carbocycles. The van der Waals surface area contributed by atoms with E-state index >= 15 is 0 Å². The molecule has 0 amide bonds. The first-order chi connectivity index (χ1) is 15.6. The molecule has 0 N–H and O–H groups in total. The molecule has 0 atom stereocenters. The molecular formula is C21H29N5O6. The lowest BCUT2D eigenvalue weighted by Gasteiger charge is -2.16. The van der Waals surface area contributed by atoms with Crippen LogP contribution < -0.4 is 0 Å². The van der Waals surface area contributed by atoms with Gasteiger partial charge in [0.15, 0.2) is 18.0 Å². The maximum Gasteiger partial charge on any atom is 0.280 e. The first kappa shape index (κ1) is 24.6. The maximum atomic E-state index is 5.60. The fraction of sp³-hybridized carbons (Fsp3) is 0.476. The number of hydrogen-bond acceptors (Lipinski definition) is 11. The highest BCUT2D eigenvalue weighted by Crippen LogP contribution is 2.15. The highest BCUT2D eigenvalue weighted by Gasteiger charge is 2.21. The third kappa shape index (κ3) is 7.25. The van der Waals surface area contributed by atoms with Gasteiger partial charge in [0.05, 0.1) is 0 Å². The summed E-state index contributed by atoms with van der Waals surface area (Å²) in [6.45, 7) is 6.84. The molecule has 1 aromatic rings. The fourth-order valence-electron chi connectivity index (χ4n) is 2.61. The number of oxime groups is 5. The molecule has 1 aliphatic rings. The van der Waals surface area contributed by atoms with Crippen LogP contribution in [-0.4, -0.2) is 62.8 Å². The van der Waals surface area contributed by atoms with Gasteiger partial charge in [-0.3, -0.25) is 0 Å². The molecule has 0 aromatic heterocycles. The minimum Gasteiger partial charge on any atom is -0.470 e. The molecule has 32 heavy (non-hydrogen) atoms. The van der Waals surface area contributed by atoms with E-state index in [4.69, 9.17) is 28.9 Å². The van der Waals surface area contributed by atoms with Crippen LogP contribution in [0.3, 0.4) is 0 Å². The van der Waals surface area contributed by atoms with Crippen LogP contribution in [0.25, 0.3) is 0 Å². The van der Waals surface area contributed by atoms with Gasteiger partial charge >= 0.3 is 0 Å². The van der Waals surface area contributed by atoms with Crippen molar-refractivity contribution >= 4 is 28.7 Å². The molecule has 1 aromatic carbocycles. The Morgan fingerprint density at radius 2 is 1.72 bits per heavy atom. The van der Waals surface area contributed by atoms with Crippen LogP contribution in [0, 0.1) is 0 Å². The lowest BCUT2D eigenvalue weighted by atomic mass is 10.0. The molecule has 2 rings (SSSR count). The molecule has 0 fully saturated rings. The molecule has 0 unspecified atom stereocenters. The third-order valence-corrected chi connectivity index (χ3v) is 4.00. The van der Waals surface area contributed by atoms with Crippen molar-refractivity contribution in [2.75, 3.05) is 34.0 Å². The van der Waals surface area contributed by atoms with Crippen molar-refractivity contribution in [3.05, 3.63) is 35.4 Å². The van der Waals surface area contributed by atoms with Crippen molar-refractivity contribution in [1.29, 1.82) is 0 Å².